The highest BCUT2D eigenvalue weighted by atomic mass is 16.3. The van der Waals surface area contributed by atoms with Crippen LogP contribution in [0.25, 0.3) is 11.4 Å². The summed E-state index contributed by atoms with van der Waals surface area (Å²) in [6.45, 7) is 17.1. The summed E-state index contributed by atoms with van der Waals surface area (Å²) in [5.41, 5.74) is 2.79. The second-order valence-corrected chi connectivity index (χ2v) is 12.1. The molecule has 1 aliphatic heterocycles. The first-order valence-electron chi connectivity index (χ1n) is 12.5. The van der Waals surface area contributed by atoms with Crippen molar-refractivity contribution in [2.45, 2.75) is 77.0 Å². The summed E-state index contributed by atoms with van der Waals surface area (Å²) in [7, 11) is 0. The van der Waals surface area contributed by atoms with Gasteiger partial charge in [0, 0.05) is 45.2 Å². The predicted molar refractivity (Wildman–Crippen MR) is 143 cm³/mol. The van der Waals surface area contributed by atoms with Crippen LogP contribution in [0.4, 0.5) is 0 Å². The SMILES string of the molecule is CC1(C)c2ccn(n2)-c2cccc(c2O)C(C)(C)C(C)(C)c2cccc(c2O)-n2ccc(n2)C1(C)C. The van der Waals surface area contributed by atoms with Gasteiger partial charge in [-0.3, -0.25) is 0 Å². The average Bonchev–Trinajstić information content (AvgIpc) is 3.49. The number of para-hydroxylation sites is 2. The Bertz CT molecular complexity index is 1360. The molecule has 4 aromatic rings. The quantitative estimate of drug-likeness (QED) is 0.307. The van der Waals surface area contributed by atoms with E-state index >= 15 is 0 Å². The van der Waals surface area contributed by atoms with Crippen LogP contribution in [0.1, 0.15) is 77.9 Å². The third-order valence-electron chi connectivity index (χ3n) is 9.45. The van der Waals surface area contributed by atoms with Crippen molar-refractivity contribution in [3.8, 4) is 22.9 Å². The van der Waals surface area contributed by atoms with Gasteiger partial charge in [0.05, 0.1) is 11.4 Å². The molecule has 8 bridgehead atoms. The Hall–Kier alpha value is -3.54. The van der Waals surface area contributed by atoms with Gasteiger partial charge in [-0.1, -0.05) is 79.7 Å². The molecule has 1 aliphatic rings. The molecule has 2 N–H and O–H groups in total. The second kappa shape index (κ2) is 7.48. The van der Waals surface area contributed by atoms with Gasteiger partial charge in [0.2, 0.25) is 0 Å². The van der Waals surface area contributed by atoms with Gasteiger partial charge < -0.3 is 10.2 Å². The first-order valence-corrected chi connectivity index (χ1v) is 12.5. The third-order valence-corrected chi connectivity index (χ3v) is 9.45. The van der Waals surface area contributed by atoms with E-state index in [-0.39, 0.29) is 22.3 Å². The van der Waals surface area contributed by atoms with Crippen molar-refractivity contribution < 1.29 is 10.2 Å². The summed E-state index contributed by atoms with van der Waals surface area (Å²) in [6.07, 6.45) is 3.82. The molecule has 188 valence electrons. The van der Waals surface area contributed by atoms with E-state index < -0.39 is 10.8 Å². The van der Waals surface area contributed by atoms with E-state index in [1.54, 1.807) is 9.36 Å². The van der Waals surface area contributed by atoms with E-state index in [1.165, 1.54) is 0 Å². The number of fused-ring (bicyclic) bond motifs is 10. The maximum atomic E-state index is 11.6. The highest BCUT2D eigenvalue weighted by Gasteiger charge is 2.45. The van der Waals surface area contributed by atoms with Crippen molar-refractivity contribution in [1.82, 2.24) is 19.6 Å². The number of aromatic nitrogens is 4. The lowest BCUT2D eigenvalue weighted by Gasteiger charge is -2.43. The zero-order valence-corrected chi connectivity index (χ0v) is 22.5. The van der Waals surface area contributed by atoms with E-state index in [0.717, 1.165) is 22.5 Å². The molecule has 2 aromatic heterocycles. The fourth-order valence-corrected chi connectivity index (χ4v) is 5.34. The van der Waals surface area contributed by atoms with Crippen LogP contribution >= 0.6 is 0 Å². The molecule has 6 heteroatoms. The number of benzene rings is 2. The molecule has 0 atom stereocenters. The van der Waals surface area contributed by atoms with Gasteiger partial charge in [0.15, 0.2) is 0 Å². The van der Waals surface area contributed by atoms with Crippen LogP contribution in [0.15, 0.2) is 60.9 Å². The summed E-state index contributed by atoms with van der Waals surface area (Å²) in [4.78, 5) is 0. The van der Waals surface area contributed by atoms with Crippen LogP contribution in [0.5, 0.6) is 11.5 Å². The maximum Gasteiger partial charge on any atom is 0.145 e. The standard InChI is InChI=1S/C30H36N4O2/c1-27(2)19-11-9-13-21(25(19)35)33-17-15-23(31-33)29(5,6)30(7,8)24-16-18-34(32-24)22-14-10-12-20(26(22)36)28(27,3)4/h9-18,35-36H,1-8H3. The van der Waals surface area contributed by atoms with Crippen molar-refractivity contribution in [3.63, 3.8) is 0 Å². The maximum absolute atomic E-state index is 11.6. The minimum Gasteiger partial charge on any atom is -0.505 e. The van der Waals surface area contributed by atoms with Crippen LogP contribution in [-0.4, -0.2) is 29.8 Å². The van der Waals surface area contributed by atoms with Crippen LogP contribution in [0, 0.1) is 0 Å². The summed E-state index contributed by atoms with van der Waals surface area (Å²) in [6, 6.07) is 15.7. The van der Waals surface area contributed by atoms with Crippen LogP contribution in [0.2, 0.25) is 0 Å². The summed E-state index contributed by atoms with van der Waals surface area (Å²) < 4.78 is 3.52. The third kappa shape index (κ3) is 3.09. The molecule has 0 radical (unpaired) electrons. The Morgan fingerprint density at radius 2 is 0.889 bits per heavy atom. The Morgan fingerprint density at radius 3 is 1.25 bits per heavy atom. The van der Waals surface area contributed by atoms with Gasteiger partial charge in [-0.25, -0.2) is 9.36 Å². The molecule has 0 saturated heterocycles. The van der Waals surface area contributed by atoms with Crippen molar-refractivity contribution in [2.75, 3.05) is 0 Å². The number of nitrogens with zero attached hydrogens (tertiary/aromatic N) is 4. The molecule has 3 heterocycles. The Morgan fingerprint density at radius 1 is 0.528 bits per heavy atom. The van der Waals surface area contributed by atoms with Gasteiger partial charge in [-0.2, -0.15) is 10.2 Å². The Kier molecular flexibility index (Phi) is 5.02. The van der Waals surface area contributed by atoms with E-state index in [1.807, 2.05) is 60.9 Å². The first-order chi connectivity index (χ1) is 16.7. The number of hydrogen-bond donors (Lipinski definition) is 2. The van der Waals surface area contributed by atoms with Gasteiger partial charge in [0.1, 0.15) is 22.9 Å². The molecule has 0 spiro atoms. The van der Waals surface area contributed by atoms with E-state index in [4.69, 9.17) is 10.2 Å². The van der Waals surface area contributed by atoms with Crippen LogP contribution in [-0.2, 0) is 21.7 Å². The minimum absolute atomic E-state index is 0.194. The van der Waals surface area contributed by atoms with Gasteiger partial charge in [-0.05, 0) is 24.3 Å². The molecule has 36 heavy (non-hydrogen) atoms. The molecule has 0 aliphatic carbocycles. The lowest BCUT2D eigenvalue weighted by molar-refractivity contribution is 0.280. The lowest BCUT2D eigenvalue weighted by atomic mass is 9.60. The largest absolute Gasteiger partial charge is 0.505 e. The topological polar surface area (TPSA) is 76.1 Å². The predicted octanol–water partition coefficient (Wildman–Crippen LogP) is 6.29. The number of phenolic OH excluding ortho intramolecular Hbond substituents is 2. The molecule has 0 saturated carbocycles. The van der Waals surface area contributed by atoms with E-state index in [2.05, 4.69) is 55.4 Å². The zero-order valence-electron chi connectivity index (χ0n) is 22.5. The molecule has 0 fully saturated rings. The number of rotatable bonds is 0. The molecule has 0 unspecified atom stereocenters. The number of hydrogen-bond acceptors (Lipinski definition) is 4. The van der Waals surface area contributed by atoms with Crippen LogP contribution in [0.3, 0.4) is 0 Å². The molecule has 2 aromatic carbocycles. The van der Waals surface area contributed by atoms with Crippen molar-refractivity contribution in [3.05, 3.63) is 83.4 Å². The minimum atomic E-state index is -0.549. The molecule has 6 nitrogen and oxygen atoms in total. The molecular formula is C30H36N4O2. The summed E-state index contributed by atoms with van der Waals surface area (Å²) in [5, 5.41) is 33.1. The Labute approximate surface area is 213 Å². The fourth-order valence-electron chi connectivity index (χ4n) is 5.34. The Balaban J connectivity index is 1.87. The highest BCUT2D eigenvalue weighted by molar-refractivity contribution is 5.58. The summed E-state index contributed by atoms with van der Waals surface area (Å²) >= 11 is 0. The second-order valence-electron chi connectivity index (χ2n) is 12.1. The smallest absolute Gasteiger partial charge is 0.145 e. The highest BCUT2D eigenvalue weighted by Crippen LogP contribution is 2.51. The van der Waals surface area contributed by atoms with Crippen molar-refractivity contribution in [1.29, 1.82) is 0 Å². The lowest BCUT2D eigenvalue weighted by Crippen LogP contribution is -2.41. The fraction of sp³-hybridized carbons (Fsp3) is 0.400. The zero-order chi connectivity index (χ0) is 26.3. The van der Waals surface area contributed by atoms with Crippen LogP contribution < -0.4 is 0 Å². The molecule has 5 rings (SSSR count). The summed E-state index contributed by atoms with van der Waals surface area (Å²) in [5.74, 6) is 0.389. The van der Waals surface area contributed by atoms with E-state index in [9.17, 15) is 10.2 Å². The van der Waals surface area contributed by atoms with Gasteiger partial charge in [0.25, 0.3) is 0 Å². The monoisotopic (exact) mass is 484 g/mol. The van der Waals surface area contributed by atoms with Crippen molar-refractivity contribution in [2.24, 2.45) is 0 Å². The average molecular weight is 485 g/mol. The normalized spacial score (nSPS) is 19.1. The molecule has 0 amide bonds. The van der Waals surface area contributed by atoms with Gasteiger partial charge >= 0.3 is 0 Å². The number of aromatic hydroxyl groups is 2. The van der Waals surface area contributed by atoms with Gasteiger partial charge in [-0.15, -0.1) is 0 Å². The number of phenols is 2. The first kappa shape index (κ1) is 24.2. The van der Waals surface area contributed by atoms with Crippen molar-refractivity contribution >= 4 is 0 Å². The molecular weight excluding hydrogens is 448 g/mol. The van der Waals surface area contributed by atoms with E-state index in [0.29, 0.717) is 11.4 Å².